The van der Waals surface area contributed by atoms with Crippen LogP contribution in [0.4, 0.5) is 5.69 Å². The van der Waals surface area contributed by atoms with E-state index in [2.05, 4.69) is 11.4 Å². The minimum absolute atomic E-state index is 0.00325. The Morgan fingerprint density at radius 1 is 1.08 bits per heavy atom. The molecule has 0 bridgehead atoms. The molecule has 4 heteroatoms. The van der Waals surface area contributed by atoms with Crippen LogP contribution in [0.3, 0.4) is 0 Å². The highest BCUT2D eigenvalue weighted by Gasteiger charge is 2.13. The van der Waals surface area contributed by atoms with E-state index in [0.29, 0.717) is 11.3 Å². The van der Waals surface area contributed by atoms with Gasteiger partial charge in [-0.25, -0.2) is 0 Å². The van der Waals surface area contributed by atoms with Gasteiger partial charge in [0.15, 0.2) is 5.78 Å². The number of rotatable bonds is 4. The molecule has 0 unspecified atom stereocenters. The Kier molecular flexibility index (Phi) is 4.21. The number of nitrogens with one attached hydrogen (secondary N) is 1. The molecule has 0 saturated heterocycles. The number of hydrogen-bond acceptors (Lipinski definition) is 3. The number of hydrogen-bond donors (Lipinski definition) is 1. The number of furan rings is 1. The Hall–Kier alpha value is -2.88. The summed E-state index contributed by atoms with van der Waals surface area (Å²) in [7, 11) is 0. The third-order valence-electron chi connectivity index (χ3n) is 4.02. The van der Waals surface area contributed by atoms with Crippen molar-refractivity contribution in [3.63, 3.8) is 0 Å². The van der Waals surface area contributed by atoms with Crippen LogP contribution < -0.4 is 5.32 Å². The summed E-state index contributed by atoms with van der Waals surface area (Å²) in [6.45, 7) is 5.56. The molecule has 4 nitrogen and oxygen atoms in total. The molecule has 0 atom stereocenters. The fraction of sp³-hybridized carbons (Fsp3) is 0.200. The smallest absolute Gasteiger partial charge is 0.228 e. The zero-order valence-corrected chi connectivity index (χ0v) is 14.0. The lowest BCUT2D eigenvalue weighted by Crippen LogP contribution is -2.14. The summed E-state index contributed by atoms with van der Waals surface area (Å²) >= 11 is 0. The lowest BCUT2D eigenvalue weighted by molar-refractivity contribution is -0.115. The fourth-order valence-corrected chi connectivity index (χ4v) is 2.92. The van der Waals surface area contributed by atoms with Crippen LogP contribution in [-0.2, 0) is 11.2 Å². The van der Waals surface area contributed by atoms with Crippen LogP contribution in [0.1, 0.15) is 34.0 Å². The first-order valence-corrected chi connectivity index (χ1v) is 7.82. The molecule has 1 N–H and O–H groups in total. The second-order valence-electron chi connectivity index (χ2n) is 6.07. The van der Waals surface area contributed by atoms with E-state index < -0.39 is 0 Å². The van der Waals surface area contributed by atoms with Crippen molar-refractivity contribution in [2.75, 3.05) is 5.32 Å². The van der Waals surface area contributed by atoms with Crippen molar-refractivity contribution in [1.29, 1.82) is 0 Å². The largest absolute Gasteiger partial charge is 0.464 e. The van der Waals surface area contributed by atoms with Crippen LogP contribution in [0.2, 0.25) is 0 Å². The Morgan fingerprint density at radius 3 is 2.46 bits per heavy atom. The monoisotopic (exact) mass is 321 g/mol. The van der Waals surface area contributed by atoms with Gasteiger partial charge in [0.1, 0.15) is 5.58 Å². The predicted octanol–water partition coefficient (Wildman–Crippen LogP) is 4.43. The molecule has 0 aliphatic carbocycles. The highest BCUT2D eigenvalue weighted by molar-refractivity contribution is 5.97. The molecule has 1 heterocycles. The van der Waals surface area contributed by atoms with E-state index in [-0.39, 0.29) is 18.1 Å². The second kappa shape index (κ2) is 6.32. The maximum Gasteiger partial charge on any atom is 0.228 e. The quantitative estimate of drug-likeness (QED) is 0.723. The number of aryl methyl sites for hydroxylation is 2. The van der Waals surface area contributed by atoms with Crippen LogP contribution in [0.25, 0.3) is 11.0 Å². The van der Waals surface area contributed by atoms with Crippen molar-refractivity contribution >= 4 is 28.3 Å². The zero-order valence-electron chi connectivity index (χ0n) is 14.0. The Bertz CT molecular complexity index is 920. The van der Waals surface area contributed by atoms with Crippen molar-refractivity contribution in [1.82, 2.24) is 0 Å². The molecule has 2 aromatic carbocycles. The first kappa shape index (κ1) is 16.0. The molecule has 0 aliphatic rings. The molecule has 0 radical (unpaired) electrons. The van der Waals surface area contributed by atoms with Crippen molar-refractivity contribution < 1.29 is 14.0 Å². The van der Waals surface area contributed by atoms with Gasteiger partial charge in [-0.3, -0.25) is 9.59 Å². The van der Waals surface area contributed by atoms with E-state index in [9.17, 15) is 9.59 Å². The Balaban J connectivity index is 1.76. The first-order chi connectivity index (χ1) is 11.4. The highest BCUT2D eigenvalue weighted by Crippen LogP contribution is 2.26. The Morgan fingerprint density at radius 2 is 1.79 bits per heavy atom. The molecule has 1 amide bonds. The van der Waals surface area contributed by atoms with Crippen LogP contribution in [0.5, 0.6) is 0 Å². The number of carbonyl (C=O) groups is 2. The van der Waals surface area contributed by atoms with Crippen molar-refractivity contribution in [2.24, 2.45) is 0 Å². The predicted molar refractivity (Wildman–Crippen MR) is 94.5 cm³/mol. The SMILES string of the molecule is CC(=O)c1ccc(NC(=O)Cc2coc3cc(C)cc(C)c23)cc1. The molecule has 3 aromatic rings. The fourth-order valence-electron chi connectivity index (χ4n) is 2.92. The second-order valence-corrected chi connectivity index (χ2v) is 6.07. The number of Topliss-reactive ketones (excluding diaryl/α,β-unsaturated/α-hetero) is 1. The van der Waals surface area contributed by atoms with E-state index in [1.54, 1.807) is 30.5 Å². The maximum atomic E-state index is 12.3. The summed E-state index contributed by atoms with van der Waals surface area (Å²) in [5, 5.41) is 3.85. The number of anilines is 1. The van der Waals surface area contributed by atoms with Crippen LogP contribution in [0.15, 0.2) is 47.1 Å². The summed E-state index contributed by atoms with van der Waals surface area (Å²) < 4.78 is 5.59. The molecule has 1 aromatic heterocycles. The topological polar surface area (TPSA) is 59.3 Å². The molecule has 0 saturated carbocycles. The summed E-state index contributed by atoms with van der Waals surface area (Å²) in [4.78, 5) is 23.6. The van der Waals surface area contributed by atoms with Crippen molar-refractivity contribution in [3.05, 3.63) is 64.9 Å². The molecule has 122 valence electrons. The van der Waals surface area contributed by atoms with E-state index >= 15 is 0 Å². The number of amides is 1. The summed E-state index contributed by atoms with van der Waals surface area (Å²) in [6, 6.07) is 10.9. The van der Waals surface area contributed by atoms with Gasteiger partial charge >= 0.3 is 0 Å². The Labute approximate surface area is 140 Å². The minimum atomic E-state index is -0.117. The number of carbonyl (C=O) groups excluding carboxylic acids is 2. The van der Waals surface area contributed by atoms with Gasteiger partial charge in [0.2, 0.25) is 5.91 Å². The molecule has 0 spiro atoms. The third-order valence-corrected chi connectivity index (χ3v) is 4.02. The normalized spacial score (nSPS) is 10.8. The van der Waals surface area contributed by atoms with Gasteiger partial charge in [0.25, 0.3) is 0 Å². The van der Waals surface area contributed by atoms with Crippen molar-refractivity contribution in [3.8, 4) is 0 Å². The van der Waals surface area contributed by atoms with Gasteiger partial charge in [0.05, 0.1) is 12.7 Å². The lowest BCUT2D eigenvalue weighted by Gasteiger charge is -2.06. The summed E-state index contributed by atoms with van der Waals surface area (Å²) in [6.07, 6.45) is 1.89. The number of benzene rings is 2. The average Bonchev–Trinajstić information content (AvgIpc) is 2.90. The van der Waals surface area contributed by atoms with E-state index in [0.717, 1.165) is 27.7 Å². The van der Waals surface area contributed by atoms with Gasteiger partial charge < -0.3 is 9.73 Å². The first-order valence-electron chi connectivity index (χ1n) is 7.82. The van der Waals surface area contributed by atoms with Gasteiger partial charge in [-0.1, -0.05) is 6.07 Å². The summed E-state index contributed by atoms with van der Waals surface area (Å²) in [5.41, 5.74) is 5.22. The molecule has 0 fully saturated rings. The van der Waals surface area contributed by atoms with Crippen LogP contribution in [0, 0.1) is 13.8 Å². The molecule has 3 rings (SSSR count). The van der Waals surface area contributed by atoms with Crippen LogP contribution >= 0.6 is 0 Å². The zero-order chi connectivity index (χ0) is 17.3. The van der Waals surface area contributed by atoms with Crippen molar-refractivity contribution in [2.45, 2.75) is 27.2 Å². The number of ketones is 1. The van der Waals surface area contributed by atoms with Gasteiger partial charge in [-0.15, -0.1) is 0 Å². The summed E-state index contributed by atoms with van der Waals surface area (Å²) in [5.74, 6) is -0.114. The van der Waals surface area contributed by atoms with E-state index in [1.807, 2.05) is 19.9 Å². The maximum absolute atomic E-state index is 12.3. The molecular formula is C20H19NO3. The molecular weight excluding hydrogens is 302 g/mol. The number of fused-ring (bicyclic) bond motifs is 1. The lowest BCUT2D eigenvalue weighted by atomic mass is 10.0. The van der Waals surface area contributed by atoms with E-state index in [1.165, 1.54) is 6.92 Å². The molecule has 0 aliphatic heterocycles. The van der Waals surface area contributed by atoms with Gasteiger partial charge in [0, 0.05) is 22.2 Å². The standard InChI is InChI=1S/C20H19NO3/c1-12-8-13(2)20-16(11-24-18(20)9-12)10-19(23)21-17-6-4-15(5-7-17)14(3)22/h4-9,11H,10H2,1-3H3,(H,21,23). The van der Waals surface area contributed by atoms with Gasteiger partial charge in [-0.2, -0.15) is 0 Å². The molecule has 24 heavy (non-hydrogen) atoms. The minimum Gasteiger partial charge on any atom is -0.464 e. The van der Waals surface area contributed by atoms with Crippen LogP contribution in [-0.4, -0.2) is 11.7 Å². The third kappa shape index (κ3) is 3.23. The van der Waals surface area contributed by atoms with E-state index in [4.69, 9.17) is 4.42 Å². The highest BCUT2D eigenvalue weighted by atomic mass is 16.3. The average molecular weight is 321 g/mol. The van der Waals surface area contributed by atoms with Gasteiger partial charge in [-0.05, 0) is 62.2 Å².